The van der Waals surface area contributed by atoms with Gasteiger partial charge in [0.2, 0.25) is 0 Å². The average Bonchev–Trinajstić information content (AvgIpc) is 2.60. The molecule has 0 fully saturated rings. The maximum absolute atomic E-state index is 12.1. The summed E-state index contributed by atoms with van der Waals surface area (Å²) in [5, 5.41) is 10.9. The molecule has 124 valence electrons. The van der Waals surface area contributed by atoms with Gasteiger partial charge >= 0.3 is 0 Å². The Morgan fingerprint density at radius 2 is 1.96 bits per heavy atom. The number of rotatable bonds is 7. The van der Waals surface area contributed by atoms with Gasteiger partial charge in [-0.25, -0.2) is 0 Å². The molecule has 0 aliphatic heterocycles. The van der Waals surface area contributed by atoms with Crippen molar-refractivity contribution in [3.63, 3.8) is 0 Å². The molecule has 24 heavy (non-hydrogen) atoms. The molecular formula is C17H16N2O5. The van der Waals surface area contributed by atoms with Crippen molar-refractivity contribution in [3.8, 4) is 5.75 Å². The van der Waals surface area contributed by atoms with E-state index in [-0.39, 0.29) is 29.5 Å². The Hall–Kier alpha value is -3.22. The fourth-order valence-corrected chi connectivity index (χ4v) is 2.07. The van der Waals surface area contributed by atoms with Gasteiger partial charge < -0.3 is 9.64 Å². The van der Waals surface area contributed by atoms with E-state index in [4.69, 9.17) is 4.74 Å². The van der Waals surface area contributed by atoms with Crippen molar-refractivity contribution in [2.75, 3.05) is 13.7 Å². The molecule has 0 aliphatic carbocycles. The number of hydrogen-bond acceptors (Lipinski definition) is 5. The van der Waals surface area contributed by atoms with E-state index in [1.54, 1.807) is 7.05 Å². The number of likely N-dealkylation sites (N-methyl/N-ethyl adjacent to an activating group) is 1. The molecule has 0 radical (unpaired) electrons. The van der Waals surface area contributed by atoms with Crippen molar-refractivity contribution in [3.05, 3.63) is 69.8 Å². The predicted molar refractivity (Wildman–Crippen MR) is 86.9 cm³/mol. The lowest BCUT2D eigenvalue weighted by atomic mass is 10.2. The molecule has 2 aromatic carbocycles. The first-order chi connectivity index (χ1) is 11.5. The largest absolute Gasteiger partial charge is 0.484 e. The maximum Gasteiger partial charge on any atom is 0.283 e. The van der Waals surface area contributed by atoms with Gasteiger partial charge in [-0.1, -0.05) is 30.3 Å². The smallest absolute Gasteiger partial charge is 0.283 e. The molecule has 0 aromatic heterocycles. The van der Waals surface area contributed by atoms with Crippen LogP contribution in [0.3, 0.4) is 0 Å². The zero-order valence-corrected chi connectivity index (χ0v) is 13.0. The summed E-state index contributed by atoms with van der Waals surface area (Å²) in [6.45, 7) is 0.189. The number of aldehydes is 1. The van der Waals surface area contributed by atoms with Crippen molar-refractivity contribution >= 4 is 17.9 Å². The number of benzene rings is 2. The van der Waals surface area contributed by atoms with E-state index in [1.807, 2.05) is 30.3 Å². The fraction of sp³-hybridized carbons (Fsp3) is 0.176. The second-order valence-corrected chi connectivity index (χ2v) is 5.12. The summed E-state index contributed by atoms with van der Waals surface area (Å²) in [6, 6.07) is 13.3. The molecule has 0 unspecified atom stereocenters. The van der Waals surface area contributed by atoms with Gasteiger partial charge in [0, 0.05) is 13.6 Å². The Morgan fingerprint density at radius 1 is 1.25 bits per heavy atom. The van der Waals surface area contributed by atoms with E-state index < -0.39 is 4.92 Å². The lowest BCUT2D eigenvalue weighted by molar-refractivity contribution is -0.385. The highest BCUT2D eigenvalue weighted by Gasteiger charge is 2.16. The van der Waals surface area contributed by atoms with Gasteiger partial charge in [-0.15, -0.1) is 0 Å². The minimum absolute atomic E-state index is 0.0418. The summed E-state index contributed by atoms with van der Waals surface area (Å²) in [6.07, 6.45) is 0.403. The molecule has 0 N–H and O–H groups in total. The van der Waals surface area contributed by atoms with Crippen LogP contribution in [-0.2, 0) is 11.3 Å². The van der Waals surface area contributed by atoms with Crippen molar-refractivity contribution in [2.45, 2.75) is 6.54 Å². The predicted octanol–water partition coefficient (Wildman–Crippen LogP) is 2.44. The van der Waals surface area contributed by atoms with E-state index >= 15 is 0 Å². The highest BCUT2D eigenvalue weighted by Crippen LogP contribution is 2.23. The molecule has 2 rings (SSSR count). The van der Waals surface area contributed by atoms with Crippen LogP contribution in [0.1, 0.15) is 15.9 Å². The molecule has 0 saturated heterocycles. The van der Waals surface area contributed by atoms with Crippen LogP contribution in [-0.4, -0.2) is 35.7 Å². The van der Waals surface area contributed by atoms with Gasteiger partial charge in [-0.3, -0.25) is 19.7 Å². The van der Waals surface area contributed by atoms with E-state index in [0.717, 1.165) is 11.6 Å². The topological polar surface area (TPSA) is 89.8 Å². The van der Waals surface area contributed by atoms with Gasteiger partial charge in [0.15, 0.2) is 12.9 Å². The molecule has 7 nitrogen and oxygen atoms in total. The molecule has 1 amide bonds. The molecule has 0 atom stereocenters. The number of ether oxygens (including phenoxy) is 1. The zero-order chi connectivity index (χ0) is 17.5. The molecular weight excluding hydrogens is 312 g/mol. The third kappa shape index (κ3) is 4.39. The summed E-state index contributed by atoms with van der Waals surface area (Å²) in [5.41, 5.74) is 0.590. The summed E-state index contributed by atoms with van der Waals surface area (Å²) in [7, 11) is 1.65. The molecule has 7 heteroatoms. The minimum atomic E-state index is -0.667. The van der Waals surface area contributed by atoms with Gasteiger partial charge in [-0.05, 0) is 17.7 Å². The summed E-state index contributed by atoms with van der Waals surface area (Å²) in [4.78, 5) is 34.6. The Morgan fingerprint density at radius 3 is 2.58 bits per heavy atom. The molecule has 0 saturated carbocycles. The number of nitro groups is 1. The van der Waals surface area contributed by atoms with Crippen molar-refractivity contribution < 1.29 is 19.2 Å². The summed E-state index contributed by atoms with van der Waals surface area (Å²) in [5.74, 6) is -0.102. The second kappa shape index (κ2) is 7.87. The van der Waals surface area contributed by atoms with Crippen molar-refractivity contribution in [1.29, 1.82) is 0 Å². The first-order valence-electron chi connectivity index (χ1n) is 7.15. The molecule has 0 heterocycles. The normalized spacial score (nSPS) is 10.0. The lowest BCUT2D eigenvalue weighted by Gasteiger charge is -2.17. The minimum Gasteiger partial charge on any atom is -0.484 e. The van der Waals surface area contributed by atoms with Crippen LogP contribution >= 0.6 is 0 Å². The number of nitrogens with zero attached hydrogens (tertiary/aromatic N) is 2. The quantitative estimate of drug-likeness (QED) is 0.442. The standard InChI is InChI=1S/C17H16N2O5/c1-18(10-13-5-3-2-4-6-13)17(21)12-24-15-8-7-14(11-20)16(9-15)19(22)23/h2-9,11H,10,12H2,1H3. The van der Waals surface area contributed by atoms with Crippen LogP contribution in [0.4, 0.5) is 5.69 Å². The van der Waals surface area contributed by atoms with Crippen LogP contribution in [0.2, 0.25) is 0 Å². The first-order valence-corrected chi connectivity index (χ1v) is 7.15. The van der Waals surface area contributed by atoms with Crippen LogP contribution < -0.4 is 4.74 Å². The monoisotopic (exact) mass is 328 g/mol. The molecule has 2 aromatic rings. The first kappa shape index (κ1) is 17.1. The average molecular weight is 328 g/mol. The van der Waals surface area contributed by atoms with Gasteiger partial charge in [0.1, 0.15) is 5.75 Å². The lowest BCUT2D eigenvalue weighted by Crippen LogP contribution is -2.30. The third-order valence-corrected chi connectivity index (χ3v) is 3.38. The second-order valence-electron chi connectivity index (χ2n) is 5.12. The number of nitro benzene ring substituents is 1. The highest BCUT2D eigenvalue weighted by atomic mass is 16.6. The summed E-state index contributed by atoms with van der Waals surface area (Å²) >= 11 is 0. The highest BCUT2D eigenvalue weighted by molar-refractivity contribution is 5.82. The Kier molecular flexibility index (Phi) is 5.62. The molecule has 0 spiro atoms. The van der Waals surface area contributed by atoms with Crippen LogP contribution in [0.25, 0.3) is 0 Å². The van der Waals surface area contributed by atoms with Gasteiger partial charge in [-0.2, -0.15) is 0 Å². The van der Waals surface area contributed by atoms with Crippen molar-refractivity contribution in [2.24, 2.45) is 0 Å². The number of amides is 1. The van der Waals surface area contributed by atoms with Crippen LogP contribution in [0.5, 0.6) is 5.75 Å². The molecule has 0 aliphatic rings. The van der Waals surface area contributed by atoms with E-state index in [2.05, 4.69) is 0 Å². The Balaban J connectivity index is 1.97. The van der Waals surface area contributed by atoms with E-state index in [1.165, 1.54) is 17.0 Å². The number of carbonyl (C=O) groups excluding carboxylic acids is 2. The number of carbonyl (C=O) groups is 2. The van der Waals surface area contributed by atoms with E-state index in [9.17, 15) is 19.7 Å². The zero-order valence-electron chi connectivity index (χ0n) is 13.0. The maximum atomic E-state index is 12.1. The van der Waals surface area contributed by atoms with Crippen molar-refractivity contribution in [1.82, 2.24) is 4.90 Å². The summed E-state index contributed by atoms with van der Waals surface area (Å²) < 4.78 is 5.31. The van der Waals surface area contributed by atoms with Gasteiger partial charge in [0.05, 0.1) is 16.6 Å². The SMILES string of the molecule is CN(Cc1ccccc1)C(=O)COc1ccc(C=O)c([N+](=O)[O-])c1. The van der Waals surface area contributed by atoms with Crippen LogP contribution in [0, 0.1) is 10.1 Å². The third-order valence-electron chi connectivity index (χ3n) is 3.38. The molecule has 0 bridgehead atoms. The number of hydrogen-bond donors (Lipinski definition) is 0. The van der Waals surface area contributed by atoms with Crippen LogP contribution in [0.15, 0.2) is 48.5 Å². The van der Waals surface area contributed by atoms with E-state index in [0.29, 0.717) is 12.8 Å². The fourth-order valence-electron chi connectivity index (χ4n) is 2.07. The Labute approximate surface area is 138 Å². The Bertz CT molecular complexity index is 746. The van der Waals surface area contributed by atoms with Gasteiger partial charge in [0.25, 0.3) is 11.6 Å².